The SMILES string of the molecule is O=C(O)CONC(=O)c1cc(Br)ccc1I. The van der Waals surface area contributed by atoms with Crippen molar-refractivity contribution in [2.45, 2.75) is 0 Å². The molecule has 1 aromatic rings. The first-order valence-electron chi connectivity index (χ1n) is 4.09. The van der Waals surface area contributed by atoms with Crippen molar-refractivity contribution in [2.24, 2.45) is 0 Å². The Morgan fingerprint density at radius 3 is 2.81 bits per heavy atom. The number of carbonyl (C=O) groups is 2. The first kappa shape index (κ1) is 13.4. The molecule has 0 aromatic heterocycles. The maximum absolute atomic E-state index is 11.5. The molecule has 0 aliphatic carbocycles. The number of halogens is 2. The molecule has 0 saturated carbocycles. The molecule has 0 unspecified atom stereocenters. The summed E-state index contributed by atoms with van der Waals surface area (Å²) in [5, 5.41) is 8.31. The van der Waals surface area contributed by atoms with Crippen LogP contribution in [0.4, 0.5) is 0 Å². The average Bonchev–Trinajstić information content (AvgIpc) is 2.21. The van der Waals surface area contributed by atoms with Crippen molar-refractivity contribution in [3.05, 3.63) is 31.8 Å². The third-order valence-corrected chi connectivity index (χ3v) is 2.97. The van der Waals surface area contributed by atoms with Gasteiger partial charge >= 0.3 is 5.97 Å². The monoisotopic (exact) mass is 399 g/mol. The van der Waals surface area contributed by atoms with Crippen LogP contribution < -0.4 is 5.48 Å². The standard InChI is InChI=1S/C9H7BrINO4/c10-5-1-2-7(11)6(3-5)9(15)12-16-4-8(13)14/h1-3H,4H2,(H,12,15)(H,13,14). The Bertz CT molecular complexity index is 424. The summed E-state index contributed by atoms with van der Waals surface area (Å²) in [6, 6.07) is 5.19. The lowest BCUT2D eigenvalue weighted by Gasteiger charge is -2.06. The predicted octanol–water partition coefficient (Wildman–Crippen LogP) is 1.80. The summed E-state index contributed by atoms with van der Waals surface area (Å²) in [4.78, 5) is 26.2. The van der Waals surface area contributed by atoms with Crippen molar-refractivity contribution in [1.29, 1.82) is 0 Å². The molecule has 0 spiro atoms. The molecule has 0 bridgehead atoms. The molecule has 7 heteroatoms. The van der Waals surface area contributed by atoms with E-state index in [-0.39, 0.29) is 0 Å². The van der Waals surface area contributed by atoms with E-state index in [4.69, 9.17) is 5.11 Å². The number of carboxylic acids is 1. The summed E-state index contributed by atoms with van der Waals surface area (Å²) in [6.07, 6.45) is 0. The van der Waals surface area contributed by atoms with E-state index in [9.17, 15) is 9.59 Å². The van der Waals surface area contributed by atoms with Crippen molar-refractivity contribution in [1.82, 2.24) is 5.48 Å². The molecule has 0 heterocycles. The zero-order chi connectivity index (χ0) is 12.1. The van der Waals surface area contributed by atoms with Crippen LogP contribution in [0.15, 0.2) is 22.7 Å². The van der Waals surface area contributed by atoms with Gasteiger partial charge < -0.3 is 5.11 Å². The largest absolute Gasteiger partial charge is 0.479 e. The zero-order valence-corrected chi connectivity index (χ0v) is 11.6. The smallest absolute Gasteiger partial charge is 0.332 e. The van der Waals surface area contributed by atoms with Gasteiger partial charge in [-0.15, -0.1) is 0 Å². The van der Waals surface area contributed by atoms with E-state index >= 15 is 0 Å². The van der Waals surface area contributed by atoms with Crippen molar-refractivity contribution < 1.29 is 19.5 Å². The summed E-state index contributed by atoms with van der Waals surface area (Å²) in [6.45, 7) is -0.573. The molecule has 0 aliphatic heterocycles. The number of aliphatic carboxylic acids is 1. The van der Waals surface area contributed by atoms with E-state index in [2.05, 4.69) is 26.2 Å². The molecular formula is C9H7BrINO4. The van der Waals surface area contributed by atoms with E-state index in [1.807, 2.05) is 22.6 Å². The molecule has 2 N–H and O–H groups in total. The molecule has 1 amide bonds. The minimum Gasteiger partial charge on any atom is -0.479 e. The molecule has 0 saturated heterocycles. The maximum atomic E-state index is 11.5. The van der Waals surface area contributed by atoms with E-state index in [1.54, 1.807) is 18.2 Å². The van der Waals surface area contributed by atoms with Crippen LogP contribution in [-0.4, -0.2) is 23.6 Å². The normalized spacial score (nSPS) is 9.88. The van der Waals surface area contributed by atoms with Crippen molar-refractivity contribution in [3.63, 3.8) is 0 Å². The lowest BCUT2D eigenvalue weighted by atomic mass is 10.2. The Morgan fingerprint density at radius 1 is 1.50 bits per heavy atom. The van der Waals surface area contributed by atoms with Gasteiger partial charge in [-0.05, 0) is 40.8 Å². The maximum Gasteiger partial charge on any atom is 0.332 e. The minimum atomic E-state index is -1.15. The number of nitrogens with one attached hydrogen (secondary N) is 1. The Kier molecular flexibility index (Phi) is 5.16. The van der Waals surface area contributed by atoms with E-state index in [0.717, 1.165) is 8.04 Å². The van der Waals surface area contributed by atoms with Crippen LogP contribution in [0.2, 0.25) is 0 Å². The second-order valence-electron chi connectivity index (χ2n) is 2.74. The van der Waals surface area contributed by atoms with Crippen molar-refractivity contribution >= 4 is 50.4 Å². The van der Waals surface area contributed by atoms with Gasteiger partial charge in [-0.25, -0.2) is 10.3 Å². The highest BCUT2D eigenvalue weighted by Crippen LogP contribution is 2.18. The summed E-state index contributed by atoms with van der Waals surface area (Å²) < 4.78 is 1.51. The van der Waals surface area contributed by atoms with Gasteiger partial charge in [0.1, 0.15) is 0 Å². The Labute approximate surface area is 113 Å². The molecule has 0 radical (unpaired) electrons. The number of benzene rings is 1. The van der Waals surface area contributed by atoms with Gasteiger partial charge in [0.05, 0.1) is 5.56 Å². The highest BCUT2D eigenvalue weighted by Gasteiger charge is 2.10. The summed E-state index contributed by atoms with van der Waals surface area (Å²) in [5.74, 6) is -1.63. The summed E-state index contributed by atoms with van der Waals surface area (Å²) in [7, 11) is 0. The lowest BCUT2D eigenvalue weighted by molar-refractivity contribution is -0.144. The molecule has 16 heavy (non-hydrogen) atoms. The molecule has 1 aromatic carbocycles. The van der Waals surface area contributed by atoms with Gasteiger partial charge in [0.15, 0.2) is 6.61 Å². The van der Waals surface area contributed by atoms with Crippen LogP contribution in [0.25, 0.3) is 0 Å². The van der Waals surface area contributed by atoms with Gasteiger partial charge in [0, 0.05) is 8.04 Å². The average molecular weight is 400 g/mol. The first-order chi connectivity index (χ1) is 7.50. The second-order valence-corrected chi connectivity index (χ2v) is 4.82. The third kappa shape index (κ3) is 4.06. The van der Waals surface area contributed by atoms with Gasteiger partial charge in [0.25, 0.3) is 5.91 Å². The van der Waals surface area contributed by atoms with Crippen LogP contribution in [0.1, 0.15) is 10.4 Å². The molecular weight excluding hydrogens is 393 g/mol. The summed E-state index contributed by atoms with van der Waals surface area (Å²) >= 11 is 5.24. The fraction of sp³-hybridized carbons (Fsp3) is 0.111. The second kappa shape index (κ2) is 6.16. The molecule has 0 aliphatic rings. The Morgan fingerprint density at radius 2 is 2.19 bits per heavy atom. The predicted molar refractivity (Wildman–Crippen MR) is 67.9 cm³/mol. The molecule has 86 valence electrons. The molecule has 1 rings (SSSR count). The molecule has 0 fully saturated rings. The van der Waals surface area contributed by atoms with Crippen LogP contribution >= 0.6 is 38.5 Å². The van der Waals surface area contributed by atoms with Gasteiger partial charge in [-0.3, -0.25) is 9.63 Å². The van der Waals surface area contributed by atoms with E-state index in [0.29, 0.717) is 5.56 Å². The van der Waals surface area contributed by atoms with Crippen LogP contribution in [-0.2, 0) is 9.63 Å². The zero-order valence-electron chi connectivity index (χ0n) is 7.87. The number of rotatable bonds is 4. The van der Waals surface area contributed by atoms with Crippen LogP contribution in [0.5, 0.6) is 0 Å². The van der Waals surface area contributed by atoms with Crippen LogP contribution in [0, 0.1) is 3.57 Å². The minimum absolute atomic E-state index is 0.417. The topological polar surface area (TPSA) is 75.6 Å². The number of carboxylic acid groups (broad SMARTS) is 1. The number of hydroxylamine groups is 1. The number of carbonyl (C=O) groups excluding carboxylic acids is 1. The van der Waals surface area contributed by atoms with Crippen LogP contribution in [0.3, 0.4) is 0 Å². The van der Waals surface area contributed by atoms with E-state index in [1.165, 1.54) is 0 Å². The highest BCUT2D eigenvalue weighted by molar-refractivity contribution is 14.1. The molecule has 5 nitrogen and oxygen atoms in total. The number of hydrogen-bond acceptors (Lipinski definition) is 3. The lowest BCUT2D eigenvalue weighted by Crippen LogP contribution is -2.27. The quantitative estimate of drug-likeness (QED) is 0.598. The number of amides is 1. The van der Waals surface area contributed by atoms with Crippen molar-refractivity contribution in [2.75, 3.05) is 6.61 Å². The fourth-order valence-corrected chi connectivity index (χ4v) is 1.83. The fourth-order valence-electron chi connectivity index (χ4n) is 0.890. The van der Waals surface area contributed by atoms with Gasteiger partial charge in [-0.1, -0.05) is 15.9 Å². The van der Waals surface area contributed by atoms with Gasteiger partial charge in [-0.2, -0.15) is 0 Å². The van der Waals surface area contributed by atoms with Gasteiger partial charge in [0.2, 0.25) is 0 Å². The number of hydrogen-bond donors (Lipinski definition) is 2. The Hall–Kier alpha value is -0.670. The highest BCUT2D eigenvalue weighted by atomic mass is 127. The van der Waals surface area contributed by atoms with Crippen molar-refractivity contribution in [3.8, 4) is 0 Å². The van der Waals surface area contributed by atoms with E-state index < -0.39 is 18.5 Å². The third-order valence-electron chi connectivity index (χ3n) is 1.53. The summed E-state index contributed by atoms with van der Waals surface area (Å²) in [5.41, 5.74) is 2.47. The first-order valence-corrected chi connectivity index (χ1v) is 5.97. The Balaban J connectivity index is 2.65. The molecule has 0 atom stereocenters.